The van der Waals surface area contributed by atoms with E-state index in [9.17, 15) is 5.11 Å². The maximum Gasteiger partial charge on any atom is 0.123 e. The van der Waals surface area contributed by atoms with Crippen LogP contribution in [0.5, 0.6) is 17.2 Å². The Labute approximate surface area is 111 Å². The van der Waals surface area contributed by atoms with Crippen molar-refractivity contribution in [2.75, 3.05) is 13.2 Å². The first-order valence-electron chi connectivity index (χ1n) is 5.54. The molecule has 1 N–H and O–H groups in total. The van der Waals surface area contributed by atoms with Crippen LogP contribution < -0.4 is 9.47 Å². The van der Waals surface area contributed by atoms with Crippen molar-refractivity contribution in [2.45, 2.75) is 0 Å². The maximum absolute atomic E-state index is 9.25. The Bertz CT molecular complexity index is 466. The second-order valence-corrected chi connectivity index (χ2v) is 4.09. The Hall–Kier alpha value is -1.87. The van der Waals surface area contributed by atoms with Crippen molar-refractivity contribution in [1.29, 1.82) is 0 Å². The number of rotatable bonds is 5. The van der Waals surface area contributed by atoms with Crippen LogP contribution in [0.25, 0.3) is 0 Å². The van der Waals surface area contributed by atoms with Gasteiger partial charge in [-0.25, -0.2) is 0 Å². The Morgan fingerprint density at radius 2 is 1.50 bits per heavy atom. The van der Waals surface area contributed by atoms with E-state index >= 15 is 0 Å². The molecule has 2 aromatic carbocycles. The molecule has 94 valence electrons. The quantitative estimate of drug-likeness (QED) is 0.840. The third kappa shape index (κ3) is 3.86. The Morgan fingerprint density at radius 1 is 0.889 bits per heavy atom. The first kappa shape index (κ1) is 12.6. The molecule has 0 unspecified atom stereocenters. The van der Waals surface area contributed by atoms with E-state index in [-0.39, 0.29) is 5.75 Å². The van der Waals surface area contributed by atoms with Crippen LogP contribution in [-0.4, -0.2) is 18.3 Å². The van der Waals surface area contributed by atoms with E-state index in [2.05, 4.69) is 0 Å². The molecule has 3 nitrogen and oxygen atoms in total. The molecule has 0 fully saturated rings. The van der Waals surface area contributed by atoms with Crippen molar-refractivity contribution in [3.05, 3.63) is 53.6 Å². The number of ether oxygens (including phenoxy) is 2. The summed E-state index contributed by atoms with van der Waals surface area (Å²) in [6.07, 6.45) is 0. The van der Waals surface area contributed by atoms with E-state index in [1.807, 2.05) is 12.1 Å². The molecule has 18 heavy (non-hydrogen) atoms. The van der Waals surface area contributed by atoms with E-state index in [0.717, 1.165) is 0 Å². The lowest BCUT2D eigenvalue weighted by Gasteiger charge is -2.08. The molecule has 0 bridgehead atoms. The summed E-state index contributed by atoms with van der Waals surface area (Å²) in [7, 11) is 0. The van der Waals surface area contributed by atoms with Crippen LogP contribution in [0.3, 0.4) is 0 Å². The van der Waals surface area contributed by atoms with Gasteiger partial charge in [0.25, 0.3) is 0 Å². The summed E-state index contributed by atoms with van der Waals surface area (Å²) in [5, 5.41) is 9.89. The number of hydrogen-bond donors (Lipinski definition) is 1. The van der Waals surface area contributed by atoms with E-state index in [1.165, 1.54) is 0 Å². The summed E-state index contributed by atoms with van der Waals surface area (Å²) in [5.74, 6) is 1.51. The first-order chi connectivity index (χ1) is 8.74. The number of benzene rings is 2. The van der Waals surface area contributed by atoms with Gasteiger partial charge in [0.15, 0.2) is 0 Å². The van der Waals surface area contributed by atoms with E-state index in [4.69, 9.17) is 21.1 Å². The van der Waals surface area contributed by atoms with Crippen molar-refractivity contribution in [1.82, 2.24) is 0 Å². The second kappa shape index (κ2) is 6.17. The summed E-state index contributed by atoms with van der Waals surface area (Å²) >= 11 is 5.83. The zero-order valence-electron chi connectivity index (χ0n) is 9.67. The summed E-state index contributed by atoms with van der Waals surface area (Å²) in [5.41, 5.74) is 0. The highest BCUT2D eigenvalue weighted by Gasteiger charge is 1.97. The SMILES string of the molecule is Oc1cccc(OCCOc2cccc(Cl)c2)c1. The van der Waals surface area contributed by atoms with E-state index in [0.29, 0.717) is 29.7 Å². The van der Waals surface area contributed by atoms with Crippen molar-refractivity contribution < 1.29 is 14.6 Å². The average Bonchev–Trinajstić information content (AvgIpc) is 2.35. The van der Waals surface area contributed by atoms with Crippen molar-refractivity contribution in [3.63, 3.8) is 0 Å². The van der Waals surface area contributed by atoms with Gasteiger partial charge >= 0.3 is 0 Å². The van der Waals surface area contributed by atoms with Gasteiger partial charge < -0.3 is 14.6 Å². The minimum Gasteiger partial charge on any atom is -0.508 e. The predicted octanol–water partition coefficient (Wildman–Crippen LogP) is 3.50. The number of phenolic OH excluding ortho intramolecular Hbond substituents is 1. The van der Waals surface area contributed by atoms with Gasteiger partial charge in [0, 0.05) is 11.1 Å². The van der Waals surface area contributed by atoms with Crippen LogP contribution in [0.15, 0.2) is 48.5 Å². The van der Waals surface area contributed by atoms with Gasteiger partial charge in [0.2, 0.25) is 0 Å². The van der Waals surface area contributed by atoms with Crippen molar-refractivity contribution in [3.8, 4) is 17.2 Å². The fourth-order valence-corrected chi connectivity index (χ4v) is 1.63. The van der Waals surface area contributed by atoms with Gasteiger partial charge in [-0.15, -0.1) is 0 Å². The fourth-order valence-electron chi connectivity index (χ4n) is 1.45. The number of aromatic hydroxyl groups is 1. The molecule has 0 saturated carbocycles. The number of hydrogen-bond acceptors (Lipinski definition) is 3. The molecule has 0 radical (unpaired) electrons. The predicted molar refractivity (Wildman–Crippen MR) is 70.5 cm³/mol. The molecule has 4 heteroatoms. The fraction of sp³-hybridized carbons (Fsp3) is 0.143. The Kier molecular flexibility index (Phi) is 4.31. The van der Waals surface area contributed by atoms with Gasteiger partial charge in [0.1, 0.15) is 30.5 Å². The molecule has 2 aromatic rings. The maximum atomic E-state index is 9.25. The summed E-state index contributed by atoms with van der Waals surface area (Å²) in [6, 6.07) is 13.8. The minimum atomic E-state index is 0.184. The molecular weight excluding hydrogens is 252 g/mol. The molecule has 0 aliphatic carbocycles. The van der Waals surface area contributed by atoms with Gasteiger partial charge in [-0.3, -0.25) is 0 Å². The van der Waals surface area contributed by atoms with E-state index < -0.39 is 0 Å². The molecule has 0 heterocycles. The topological polar surface area (TPSA) is 38.7 Å². The zero-order valence-corrected chi connectivity index (χ0v) is 10.4. The van der Waals surface area contributed by atoms with Crippen LogP contribution in [0.1, 0.15) is 0 Å². The smallest absolute Gasteiger partial charge is 0.123 e. The third-order valence-corrected chi connectivity index (χ3v) is 2.47. The van der Waals surface area contributed by atoms with Crippen molar-refractivity contribution in [2.24, 2.45) is 0 Å². The minimum absolute atomic E-state index is 0.184. The van der Waals surface area contributed by atoms with Gasteiger partial charge in [0.05, 0.1) is 0 Å². The van der Waals surface area contributed by atoms with Crippen LogP contribution in [0.4, 0.5) is 0 Å². The van der Waals surface area contributed by atoms with Crippen LogP contribution in [0.2, 0.25) is 5.02 Å². The highest BCUT2D eigenvalue weighted by molar-refractivity contribution is 6.30. The lowest BCUT2D eigenvalue weighted by atomic mass is 10.3. The molecule has 2 rings (SSSR count). The molecule has 0 spiro atoms. The van der Waals surface area contributed by atoms with Gasteiger partial charge in [-0.1, -0.05) is 23.7 Å². The number of halogens is 1. The monoisotopic (exact) mass is 264 g/mol. The van der Waals surface area contributed by atoms with Crippen molar-refractivity contribution >= 4 is 11.6 Å². The number of phenols is 1. The summed E-state index contributed by atoms with van der Waals surface area (Å²) in [4.78, 5) is 0. The van der Waals surface area contributed by atoms with Gasteiger partial charge in [-0.05, 0) is 30.3 Å². The molecule has 0 atom stereocenters. The standard InChI is InChI=1S/C14H13ClO3/c15-11-3-1-5-13(9-11)17-7-8-18-14-6-2-4-12(16)10-14/h1-6,9-10,16H,7-8H2. The van der Waals surface area contributed by atoms with Crippen LogP contribution in [-0.2, 0) is 0 Å². The van der Waals surface area contributed by atoms with Crippen LogP contribution in [0, 0.1) is 0 Å². The molecular formula is C14H13ClO3. The average molecular weight is 265 g/mol. The molecule has 0 aromatic heterocycles. The molecule has 0 saturated heterocycles. The Balaban J connectivity index is 1.76. The lowest BCUT2D eigenvalue weighted by molar-refractivity contribution is 0.216. The molecule has 0 aliphatic heterocycles. The third-order valence-electron chi connectivity index (χ3n) is 2.23. The largest absolute Gasteiger partial charge is 0.508 e. The highest BCUT2D eigenvalue weighted by atomic mass is 35.5. The normalized spacial score (nSPS) is 10.1. The summed E-state index contributed by atoms with van der Waals surface area (Å²) in [6.45, 7) is 0.811. The van der Waals surface area contributed by atoms with E-state index in [1.54, 1.807) is 36.4 Å². The first-order valence-corrected chi connectivity index (χ1v) is 5.92. The molecule has 0 aliphatic rings. The molecule has 0 amide bonds. The highest BCUT2D eigenvalue weighted by Crippen LogP contribution is 2.18. The van der Waals surface area contributed by atoms with Gasteiger partial charge in [-0.2, -0.15) is 0 Å². The lowest BCUT2D eigenvalue weighted by Crippen LogP contribution is -2.08. The second-order valence-electron chi connectivity index (χ2n) is 3.65. The zero-order chi connectivity index (χ0) is 12.8. The Morgan fingerprint density at radius 3 is 2.11 bits per heavy atom. The summed E-state index contributed by atoms with van der Waals surface area (Å²) < 4.78 is 10.9. The van der Waals surface area contributed by atoms with Crippen LogP contribution >= 0.6 is 11.6 Å².